The van der Waals surface area contributed by atoms with Crippen molar-refractivity contribution in [2.24, 2.45) is 5.92 Å². The number of aryl methyl sites for hydroxylation is 1. The summed E-state index contributed by atoms with van der Waals surface area (Å²) in [6.07, 6.45) is 5.08. The lowest BCUT2D eigenvalue weighted by atomic mass is 10.1. The third kappa shape index (κ3) is 1.24. The standard InChI is InChI=1S/C13H15N/c1-10-3-2-4-13-12(10)7-8-14(13)9-11-5-6-11/h2-4,7-8,11H,5-6,9H2,1H3. The first-order valence-electron chi connectivity index (χ1n) is 5.39. The molecule has 0 unspecified atom stereocenters. The Morgan fingerprint density at radius 2 is 2.14 bits per heavy atom. The molecule has 1 aliphatic rings. The average molecular weight is 185 g/mol. The second-order valence-electron chi connectivity index (χ2n) is 4.42. The molecule has 0 aliphatic heterocycles. The van der Waals surface area contributed by atoms with Crippen LogP contribution < -0.4 is 0 Å². The summed E-state index contributed by atoms with van der Waals surface area (Å²) in [7, 11) is 0. The fourth-order valence-corrected chi connectivity index (χ4v) is 2.12. The third-order valence-corrected chi connectivity index (χ3v) is 3.18. The molecule has 1 heterocycles. The normalized spacial score (nSPS) is 16.4. The van der Waals surface area contributed by atoms with E-state index in [9.17, 15) is 0 Å². The maximum atomic E-state index is 2.40. The van der Waals surface area contributed by atoms with Crippen molar-refractivity contribution < 1.29 is 0 Å². The van der Waals surface area contributed by atoms with Crippen molar-refractivity contribution in [3.63, 3.8) is 0 Å². The number of hydrogen-bond acceptors (Lipinski definition) is 0. The molecular formula is C13H15N. The van der Waals surface area contributed by atoms with Crippen LogP contribution in [0.1, 0.15) is 18.4 Å². The van der Waals surface area contributed by atoms with Crippen LogP contribution in [0, 0.1) is 12.8 Å². The Bertz CT molecular complexity index is 463. The van der Waals surface area contributed by atoms with Gasteiger partial charge in [0.2, 0.25) is 0 Å². The molecule has 1 aromatic carbocycles. The zero-order valence-corrected chi connectivity index (χ0v) is 8.53. The summed E-state index contributed by atoms with van der Waals surface area (Å²) in [5.41, 5.74) is 2.79. The number of benzene rings is 1. The summed E-state index contributed by atoms with van der Waals surface area (Å²) in [4.78, 5) is 0. The highest BCUT2D eigenvalue weighted by Gasteiger charge is 2.21. The molecule has 0 bridgehead atoms. The zero-order valence-electron chi connectivity index (χ0n) is 8.53. The van der Waals surface area contributed by atoms with Crippen LogP contribution in [0.3, 0.4) is 0 Å². The Balaban J connectivity index is 2.10. The third-order valence-electron chi connectivity index (χ3n) is 3.18. The van der Waals surface area contributed by atoms with Gasteiger partial charge in [0, 0.05) is 23.6 Å². The average Bonchev–Trinajstić information content (AvgIpc) is 2.88. The lowest BCUT2D eigenvalue weighted by Gasteiger charge is -2.04. The van der Waals surface area contributed by atoms with Gasteiger partial charge < -0.3 is 4.57 Å². The van der Waals surface area contributed by atoms with E-state index in [-0.39, 0.29) is 0 Å². The molecule has 1 fully saturated rings. The van der Waals surface area contributed by atoms with Gasteiger partial charge in [0.05, 0.1) is 0 Å². The van der Waals surface area contributed by atoms with Gasteiger partial charge in [0.1, 0.15) is 0 Å². The van der Waals surface area contributed by atoms with E-state index >= 15 is 0 Å². The van der Waals surface area contributed by atoms with Crippen molar-refractivity contribution in [1.82, 2.24) is 4.57 Å². The minimum Gasteiger partial charge on any atom is -0.347 e. The lowest BCUT2D eigenvalue weighted by molar-refractivity contribution is 0.647. The summed E-state index contributed by atoms with van der Waals surface area (Å²) in [5.74, 6) is 0.950. The summed E-state index contributed by atoms with van der Waals surface area (Å²) in [6, 6.07) is 8.81. The minimum absolute atomic E-state index is 0.950. The van der Waals surface area contributed by atoms with Crippen LogP contribution in [0.25, 0.3) is 10.9 Å². The van der Waals surface area contributed by atoms with Gasteiger partial charge in [-0.15, -0.1) is 0 Å². The lowest BCUT2D eigenvalue weighted by Crippen LogP contribution is -1.97. The molecule has 0 N–H and O–H groups in total. The first-order chi connectivity index (χ1) is 6.84. The first kappa shape index (κ1) is 8.10. The molecule has 14 heavy (non-hydrogen) atoms. The highest BCUT2D eigenvalue weighted by Crippen LogP contribution is 2.32. The molecule has 1 aromatic heterocycles. The van der Waals surface area contributed by atoms with Gasteiger partial charge in [-0.3, -0.25) is 0 Å². The Labute approximate surface area is 84.4 Å². The van der Waals surface area contributed by atoms with Crippen molar-refractivity contribution in [3.05, 3.63) is 36.0 Å². The summed E-state index contributed by atoms with van der Waals surface area (Å²) in [6.45, 7) is 3.40. The Hall–Kier alpha value is -1.24. The van der Waals surface area contributed by atoms with Crippen LogP contribution in [0.4, 0.5) is 0 Å². The van der Waals surface area contributed by atoms with Crippen LogP contribution in [-0.2, 0) is 6.54 Å². The molecule has 0 spiro atoms. The van der Waals surface area contributed by atoms with Crippen molar-refractivity contribution in [2.45, 2.75) is 26.3 Å². The van der Waals surface area contributed by atoms with Gasteiger partial charge in [0.25, 0.3) is 0 Å². The largest absolute Gasteiger partial charge is 0.347 e. The van der Waals surface area contributed by atoms with E-state index in [2.05, 4.69) is 42.0 Å². The zero-order chi connectivity index (χ0) is 9.54. The van der Waals surface area contributed by atoms with Crippen molar-refractivity contribution in [3.8, 4) is 0 Å². The van der Waals surface area contributed by atoms with E-state index in [1.807, 2.05) is 0 Å². The van der Waals surface area contributed by atoms with Gasteiger partial charge in [-0.05, 0) is 43.4 Å². The number of hydrogen-bond donors (Lipinski definition) is 0. The van der Waals surface area contributed by atoms with E-state index in [1.165, 1.54) is 35.9 Å². The molecule has 0 atom stereocenters. The fraction of sp³-hybridized carbons (Fsp3) is 0.385. The van der Waals surface area contributed by atoms with E-state index in [0.29, 0.717) is 0 Å². The highest BCUT2D eigenvalue weighted by atomic mass is 15.0. The van der Waals surface area contributed by atoms with E-state index < -0.39 is 0 Å². The number of fused-ring (bicyclic) bond motifs is 1. The van der Waals surface area contributed by atoms with E-state index in [4.69, 9.17) is 0 Å². The smallest absolute Gasteiger partial charge is 0.0483 e. The maximum absolute atomic E-state index is 2.40. The molecule has 3 rings (SSSR count). The molecule has 0 radical (unpaired) electrons. The predicted molar refractivity (Wildman–Crippen MR) is 59.4 cm³/mol. The van der Waals surface area contributed by atoms with Gasteiger partial charge >= 0.3 is 0 Å². The Morgan fingerprint density at radius 3 is 2.93 bits per heavy atom. The number of nitrogens with zero attached hydrogens (tertiary/aromatic N) is 1. The van der Waals surface area contributed by atoms with Crippen LogP contribution in [0.5, 0.6) is 0 Å². The van der Waals surface area contributed by atoms with Crippen LogP contribution >= 0.6 is 0 Å². The second kappa shape index (κ2) is 2.88. The van der Waals surface area contributed by atoms with Gasteiger partial charge in [-0.2, -0.15) is 0 Å². The van der Waals surface area contributed by atoms with Crippen molar-refractivity contribution in [2.75, 3.05) is 0 Å². The topological polar surface area (TPSA) is 4.93 Å². The maximum Gasteiger partial charge on any atom is 0.0483 e. The quantitative estimate of drug-likeness (QED) is 0.676. The van der Waals surface area contributed by atoms with Gasteiger partial charge in [-0.25, -0.2) is 0 Å². The molecule has 2 aromatic rings. The molecule has 1 heteroatoms. The van der Waals surface area contributed by atoms with E-state index in [0.717, 1.165) is 5.92 Å². The molecule has 1 saturated carbocycles. The molecule has 72 valence electrons. The summed E-state index contributed by atoms with van der Waals surface area (Å²) >= 11 is 0. The molecule has 0 saturated heterocycles. The summed E-state index contributed by atoms with van der Waals surface area (Å²) < 4.78 is 2.40. The van der Waals surface area contributed by atoms with Crippen LogP contribution in [0.15, 0.2) is 30.5 Å². The molecule has 1 aliphatic carbocycles. The predicted octanol–water partition coefficient (Wildman–Crippen LogP) is 3.36. The van der Waals surface area contributed by atoms with Crippen LogP contribution in [0.2, 0.25) is 0 Å². The molecule has 1 nitrogen and oxygen atoms in total. The Kier molecular flexibility index (Phi) is 1.66. The second-order valence-corrected chi connectivity index (χ2v) is 4.42. The first-order valence-corrected chi connectivity index (χ1v) is 5.39. The highest BCUT2D eigenvalue weighted by molar-refractivity contribution is 5.83. The fourth-order valence-electron chi connectivity index (χ4n) is 2.12. The van der Waals surface area contributed by atoms with E-state index in [1.54, 1.807) is 0 Å². The number of rotatable bonds is 2. The molecular weight excluding hydrogens is 170 g/mol. The SMILES string of the molecule is Cc1cccc2c1ccn2CC1CC1. The van der Waals surface area contributed by atoms with Gasteiger partial charge in [0.15, 0.2) is 0 Å². The van der Waals surface area contributed by atoms with Crippen molar-refractivity contribution >= 4 is 10.9 Å². The van der Waals surface area contributed by atoms with Crippen molar-refractivity contribution in [1.29, 1.82) is 0 Å². The van der Waals surface area contributed by atoms with Gasteiger partial charge in [-0.1, -0.05) is 12.1 Å². The molecule has 0 amide bonds. The Morgan fingerprint density at radius 1 is 1.29 bits per heavy atom. The minimum atomic E-state index is 0.950. The number of aromatic nitrogens is 1. The summed E-state index contributed by atoms with van der Waals surface area (Å²) in [5, 5.41) is 1.41. The van der Waals surface area contributed by atoms with Crippen LogP contribution in [-0.4, -0.2) is 4.57 Å². The monoisotopic (exact) mass is 185 g/mol.